The Labute approximate surface area is 335 Å². The fourth-order valence-electron chi connectivity index (χ4n) is 6.08. The Hall–Kier alpha value is -3.86. The van der Waals surface area contributed by atoms with Crippen LogP contribution in [0.5, 0.6) is 5.75 Å². The van der Waals surface area contributed by atoms with Gasteiger partial charge in [0.15, 0.2) is 0 Å². The molecular formula is C47H72N4O2S. The summed E-state index contributed by atoms with van der Waals surface area (Å²) in [4.78, 5) is 19.1. The third kappa shape index (κ3) is 14.4. The molecule has 1 N–H and O–H groups in total. The van der Waals surface area contributed by atoms with Gasteiger partial charge in [-0.2, -0.15) is 17.9 Å². The van der Waals surface area contributed by atoms with Crippen LogP contribution in [0.15, 0.2) is 83.7 Å². The number of nitrogens with one attached hydrogen (secondary N) is 1. The molecule has 0 radical (unpaired) electrons. The molecule has 0 aliphatic carbocycles. The SMILES string of the molecule is C=CCC=C(C#N)/C(=C\C)c1ccc(Cc2c(CCC)nc(C)n(-c3ccc(OCC(C)(C)NC(C)(CS)C(C)CC)cc3)c2=O)cc1.CC.CC.CC. The lowest BCUT2D eigenvalue weighted by Gasteiger charge is -2.42. The number of nitrogens with zero attached hydrogens (tertiary/aromatic N) is 3. The number of thiol groups is 1. The second kappa shape index (κ2) is 26.0. The number of nitriles is 1. The van der Waals surface area contributed by atoms with Gasteiger partial charge in [0.05, 0.1) is 23.0 Å². The van der Waals surface area contributed by atoms with E-state index in [9.17, 15) is 10.1 Å². The van der Waals surface area contributed by atoms with Crippen LogP contribution in [0.2, 0.25) is 0 Å². The number of rotatable bonds is 17. The summed E-state index contributed by atoms with van der Waals surface area (Å²) in [6.45, 7) is 33.2. The molecule has 0 saturated heterocycles. The first kappa shape index (κ1) is 50.1. The molecule has 298 valence electrons. The normalized spacial score (nSPS) is 13.0. The van der Waals surface area contributed by atoms with E-state index in [0.717, 1.165) is 58.8 Å². The predicted octanol–water partition coefficient (Wildman–Crippen LogP) is 12.1. The minimum Gasteiger partial charge on any atom is -0.492 e. The third-order valence-electron chi connectivity index (χ3n) is 9.10. The maximum absolute atomic E-state index is 14.1. The predicted molar refractivity (Wildman–Crippen MR) is 238 cm³/mol. The number of benzene rings is 2. The van der Waals surface area contributed by atoms with Crippen molar-refractivity contribution in [3.63, 3.8) is 0 Å². The van der Waals surface area contributed by atoms with Crippen LogP contribution < -0.4 is 15.6 Å². The number of ether oxygens (including phenoxy) is 1. The van der Waals surface area contributed by atoms with Crippen molar-refractivity contribution in [2.45, 2.75) is 140 Å². The molecule has 0 aliphatic heterocycles. The lowest BCUT2D eigenvalue weighted by molar-refractivity contribution is 0.142. The third-order valence-corrected chi connectivity index (χ3v) is 9.75. The Kier molecular flexibility index (Phi) is 24.2. The van der Waals surface area contributed by atoms with Crippen molar-refractivity contribution in [3.8, 4) is 17.5 Å². The lowest BCUT2D eigenvalue weighted by atomic mass is 9.84. The zero-order chi connectivity index (χ0) is 41.5. The molecule has 1 heterocycles. The molecular weight excluding hydrogens is 685 g/mol. The standard InChI is InChI=1S/C41H54N4O2S.3C2H6/c1-10-14-16-33(26-42)36(13-4)32-19-17-31(18-20-32)25-37-38(15-11-2)43-30(6)45(39(37)46)34-21-23-35(24-22-34)47-27-40(7,8)44-41(9,28-48)29(5)12-3;3*1-2/h10,13,16-24,29,44,48H,1,11-12,14-15,25,27-28H2,2-9H3;3*1-2H3/b33-16?,36-13-;;;. The van der Waals surface area contributed by atoms with Gasteiger partial charge in [-0.05, 0) is 94.3 Å². The van der Waals surface area contributed by atoms with E-state index in [1.165, 1.54) is 0 Å². The number of aromatic nitrogens is 2. The fourth-order valence-corrected chi connectivity index (χ4v) is 6.47. The largest absolute Gasteiger partial charge is 0.492 e. The topological polar surface area (TPSA) is 79.9 Å². The molecule has 0 bridgehead atoms. The zero-order valence-corrected chi connectivity index (χ0v) is 37.1. The molecule has 2 atom stereocenters. The van der Waals surface area contributed by atoms with Gasteiger partial charge in [0.2, 0.25) is 0 Å². The summed E-state index contributed by atoms with van der Waals surface area (Å²) in [7, 11) is 0. The van der Waals surface area contributed by atoms with E-state index in [1.807, 2.05) is 116 Å². The average molecular weight is 757 g/mol. The van der Waals surface area contributed by atoms with Crippen LogP contribution in [0.3, 0.4) is 0 Å². The van der Waals surface area contributed by atoms with Crippen molar-refractivity contribution >= 4 is 18.2 Å². The van der Waals surface area contributed by atoms with Gasteiger partial charge >= 0.3 is 0 Å². The van der Waals surface area contributed by atoms with Gasteiger partial charge in [-0.25, -0.2) is 4.98 Å². The molecule has 3 aromatic rings. The molecule has 0 fully saturated rings. The Morgan fingerprint density at radius 2 is 1.63 bits per heavy atom. The highest BCUT2D eigenvalue weighted by Gasteiger charge is 2.34. The van der Waals surface area contributed by atoms with Crippen LogP contribution >= 0.6 is 12.6 Å². The first-order valence-electron chi connectivity index (χ1n) is 20.1. The second-order valence-electron chi connectivity index (χ2n) is 13.5. The Morgan fingerprint density at radius 1 is 1.04 bits per heavy atom. The summed E-state index contributed by atoms with van der Waals surface area (Å²) >= 11 is 4.64. The van der Waals surface area contributed by atoms with Crippen LogP contribution in [-0.4, -0.2) is 33.0 Å². The molecule has 0 aliphatic rings. The van der Waals surface area contributed by atoms with Gasteiger partial charge in [0, 0.05) is 28.8 Å². The van der Waals surface area contributed by atoms with Crippen molar-refractivity contribution in [1.29, 1.82) is 5.26 Å². The molecule has 54 heavy (non-hydrogen) atoms. The summed E-state index contributed by atoms with van der Waals surface area (Å²) in [5.74, 6) is 2.60. The smallest absolute Gasteiger partial charge is 0.261 e. The molecule has 1 aromatic heterocycles. The van der Waals surface area contributed by atoms with Gasteiger partial charge < -0.3 is 10.1 Å². The molecule has 0 amide bonds. The van der Waals surface area contributed by atoms with Crippen molar-refractivity contribution in [2.75, 3.05) is 12.4 Å². The van der Waals surface area contributed by atoms with E-state index in [-0.39, 0.29) is 16.6 Å². The molecule has 0 spiro atoms. The van der Waals surface area contributed by atoms with Gasteiger partial charge in [0.25, 0.3) is 5.56 Å². The van der Waals surface area contributed by atoms with Gasteiger partial charge in [-0.3, -0.25) is 9.36 Å². The molecule has 7 heteroatoms. The Morgan fingerprint density at radius 3 is 2.11 bits per heavy atom. The van der Waals surface area contributed by atoms with Crippen LogP contribution in [0, 0.1) is 24.2 Å². The Balaban J connectivity index is 0.00000445. The monoisotopic (exact) mass is 757 g/mol. The van der Waals surface area contributed by atoms with Crippen LogP contribution in [0.25, 0.3) is 11.3 Å². The van der Waals surface area contributed by atoms with E-state index < -0.39 is 0 Å². The van der Waals surface area contributed by atoms with Crippen molar-refractivity contribution in [1.82, 2.24) is 14.9 Å². The maximum Gasteiger partial charge on any atom is 0.261 e. The molecule has 2 aromatic carbocycles. The van der Waals surface area contributed by atoms with Crippen LogP contribution in [0.1, 0.15) is 137 Å². The van der Waals surface area contributed by atoms with E-state index in [1.54, 1.807) is 10.6 Å². The Bertz CT molecular complexity index is 1700. The highest BCUT2D eigenvalue weighted by molar-refractivity contribution is 7.80. The summed E-state index contributed by atoms with van der Waals surface area (Å²) < 4.78 is 7.93. The highest BCUT2D eigenvalue weighted by Crippen LogP contribution is 2.27. The number of hydrogen-bond donors (Lipinski definition) is 2. The van der Waals surface area contributed by atoms with Crippen molar-refractivity contribution < 1.29 is 4.74 Å². The lowest BCUT2D eigenvalue weighted by Crippen LogP contribution is -2.60. The number of aryl methyl sites for hydroxylation is 2. The first-order chi connectivity index (χ1) is 25.9. The van der Waals surface area contributed by atoms with Crippen LogP contribution in [-0.2, 0) is 12.8 Å². The van der Waals surface area contributed by atoms with Gasteiger partial charge in [-0.1, -0.05) is 118 Å². The maximum atomic E-state index is 14.1. The van der Waals surface area contributed by atoms with E-state index in [2.05, 4.69) is 72.1 Å². The van der Waals surface area contributed by atoms with E-state index >= 15 is 0 Å². The van der Waals surface area contributed by atoms with Gasteiger partial charge in [0.1, 0.15) is 18.2 Å². The van der Waals surface area contributed by atoms with Crippen molar-refractivity contribution in [3.05, 3.63) is 117 Å². The quantitative estimate of drug-likeness (QED) is 0.0620. The van der Waals surface area contributed by atoms with E-state index in [0.29, 0.717) is 42.3 Å². The molecule has 6 nitrogen and oxygen atoms in total. The summed E-state index contributed by atoms with van der Waals surface area (Å²) in [5.41, 5.74) is 5.33. The molecule has 2 unspecified atom stereocenters. The highest BCUT2D eigenvalue weighted by atomic mass is 32.1. The fraction of sp³-hybridized carbons (Fsp3) is 0.511. The molecule has 3 rings (SSSR count). The van der Waals surface area contributed by atoms with Gasteiger partial charge in [-0.15, -0.1) is 6.58 Å². The van der Waals surface area contributed by atoms with E-state index in [4.69, 9.17) is 9.72 Å². The molecule has 0 saturated carbocycles. The van der Waals surface area contributed by atoms with Crippen LogP contribution in [0.4, 0.5) is 0 Å². The number of allylic oxidation sites excluding steroid dienone is 5. The average Bonchev–Trinajstić information content (AvgIpc) is 3.19. The summed E-state index contributed by atoms with van der Waals surface area (Å²) in [5, 5.41) is 13.5. The van der Waals surface area contributed by atoms with Crippen molar-refractivity contribution in [2.24, 2.45) is 5.92 Å². The zero-order valence-electron chi connectivity index (χ0n) is 36.2. The summed E-state index contributed by atoms with van der Waals surface area (Å²) in [6.07, 6.45) is 9.41. The minimum atomic E-state index is -0.270. The second-order valence-corrected chi connectivity index (χ2v) is 13.8. The summed E-state index contributed by atoms with van der Waals surface area (Å²) in [6, 6.07) is 18.1. The minimum absolute atomic E-state index is 0.0571. The number of hydrogen-bond acceptors (Lipinski definition) is 6. The first-order valence-corrected chi connectivity index (χ1v) is 20.7.